The number of esters is 1. The lowest BCUT2D eigenvalue weighted by Crippen LogP contribution is -2.41. The summed E-state index contributed by atoms with van der Waals surface area (Å²) in [7, 11) is -3.72. The van der Waals surface area contributed by atoms with Crippen molar-refractivity contribution in [2.75, 3.05) is 11.3 Å². The van der Waals surface area contributed by atoms with Gasteiger partial charge in [0.05, 0.1) is 12.3 Å². The maximum absolute atomic E-state index is 12.4. The monoisotopic (exact) mass is 347 g/mol. The molecule has 1 aromatic carbocycles. The first kappa shape index (κ1) is 17.0. The highest BCUT2D eigenvalue weighted by Gasteiger charge is 2.38. The third-order valence-electron chi connectivity index (χ3n) is 3.33. The standard InChI is InChI=1S/C13H18ClN3O4S/c1-3-21-13(18)11-7-12(16-15-11)22(19,20)17-10-6-4-5-9(14)8(10)2/h4-6,11-12,15-17H,3,7H2,1-2H3. The molecule has 0 aliphatic carbocycles. The molecule has 1 fully saturated rings. The van der Waals surface area contributed by atoms with Crippen molar-refractivity contribution < 1.29 is 17.9 Å². The van der Waals surface area contributed by atoms with E-state index in [2.05, 4.69) is 15.6 Å². The SMILES string of the molecule is CCOC(=O)C1CC(S(=O)(=O)Nc2cccc(Cl)c2C)NN1. The number of hydrogen-bond donors (Lipinski definition) is 3. The number of nitrogens with one attached hydrogen (secondary N) is 3. The minimum Gasteiger partial charge on any atom is -0.465 e. The van der Waals surface area contributed by atoms with Crippen LogP contribution in [-0.2, 0) is 19.6 Å². The zero-order chi connectivity index (χ0) is 16.3. The predicted octanol–water partition coefficient (Wildman–Crippen LogP) is 1.15. The third-order valence-corrected chi connectivity index (χ3v) is 5.31. The summed E-state index contributed by atoms with van der Waals surface area (Å²) in [5.41, 5.74) is 6.30. The number of sulfonamides is 1. The van der Waals surface area contributed by atoms with Crippen molar-refractivity contribution in [1.82, 2.24) is 10.9 Å². The largest absolute Gasteiger partial charge is 0.465 e. The van der Waals surface area contributed by atoms with E-state index in [0.29, 0.717) is 16.3 Å². The van der Waals surface area contributed by atoms with Gasteiger partial charge in [-0.3, -0.25) is 9.52 Å². The Bertz CT molecular complexity index is 665. The van der Waals surface area contributed by atoms with Crippen molar-refractivity contribution >= 4 is 33.3 Å². The topological polar surface area (TPSA) is 96.5 Å². The van der Waals surface area contributed by atoms with Crippen LogP contribution in [0.2, 0.25) is 5.02 Å². The molecule has 22 heavy (non-hydrogen) atoms. The lowest BCUT2D eigenvalue weighted by molar-refractivity contribution is -0.145. The fourth-order valence-corrected chi connectivity index (χ4v) is 3.58. The number of carbonyl (C=O) groups excluding carboxylic acids is 1. The molecule has 1 heterocycles. The van der Waals surface area contributed by atoms with Crippen LogP contribution in [0.25, 0.3) is 0 Å². The van der Waals surface area contributed by atoms with Crippen LogP contribution < -0.4 is 15.6 Å². The average molecular weight is 348 g/mol. The number of rotatable bonds is 5. The molecule has 3 N–H and O–H groups in total. The fourth-order valence-electron chi connectivity index (χ4n) is 2.07. The number of hydrogen-bond acceptors (Lipinski definition) is 6. The summed E-state index contributed by atoms with van der Waals surface area (Å²) >= 11 is 5.98. The normalized spacial score (nSPS) is 21.6. The van der Waals surface area contributed by atoms with E-state index in [9.17, 15) is 13.2 Å². The lowest BCUT2D eigenvalue weighted by Gasteiger charge is -2.15. The molecule has 7 nitrogen and oxygen atoms in total. The Morgan fingerprint density at radius 1 is 1.45 bits per heavy atom. The van der Waals surface area contributed by atoms with Crippen molar-refractivity contribution in [3.63, 3.8) is 0 Å². The van der Waals surface area contributed by atoms with Crippen molar-refractivity contribution in [3.05, 3.63) is 28.8 Å². The first-order valence-electron chi connectivity index (χ1n) is 6.79. The van der Waals surface area contributed by atoms with Crippen LogP contribution in [0.15, 0.2) is 18.2 Å². The van der Waals surface area contributed by atoms with Crippen molar-refractivity contribution in [1.29, 1.82) is 0 Å². The van der Waals surface area contributed by atoms with Gasteiger partial charge >= 0.3 is 5.97 Å². The number of benzene rings is 1. The van der Waals surface area contributed by atoms with Crippen LogP contribution in [0, 0.1) is 6.92 Å². The molecule has 2 unspecified atom stereocenters. The molecule has 122 valence electrons. The Hall–Kier alpha value is -1.35. The highest BCUT2D eigenvalue weighted by molar-refractivity contribution is 7.93. The molecular weight excluding hydrogens is 330 g/mol. The summed E-state index contributed by atoms with van der Waals surface area (Å²) in [6, 6.07) is 4.28. The number of anilines is 1. The Kier molecular flexibility index (Phi) is 5.28. The van der Waals surface area contributed by atoms with Crippen LogP contribution in [0.3, 0.4) is 0 Å². The van der Waals surface area contributed by atoms with Crippen LogP contribution in [0.1, 0.15) is 18.9 Å². The molecule has 0 saturated carbocycles. The fraction of sp³-hybridized carbons (Fsp3) is 0.462. The van der Waals surface area contributed by atoms with Crippen molar-refractivity contribution in [2.45, 2.75) is 31.7 Å². The van der Waals surface area contributed by atoms with E-state index in [1.54, 1.807) is 32.0 Å². The maximum atomic E-state index is 12.4. The number of hydrazine groups is 1. The predicted molar refractivity (Wildman–Crippen MR) is 83.8 cm³/mol. The van der Waals surface area contributed by atoms with E-state index < -0.39 is 27.4 Å². The Balaban J connectivity index is 2.09. The summed E-state index contributed by atoms with van der Waals surface area (Å²) < 4.78 is 32.1. The van der Waals surface area contributed by atoms with Crippen molar-refractivity contribution in [3.8, 4) is 0 Å². The molecule has 0 amide bonds. The number of carbonyl (C=O) groups is 1. The first-order chi connectivity index (χ1) is 10.3. The van der Waals surface area contributed by atoms with E-state index in [1.807, 2.05) is 0 Å². The van der Waals surface area contributed by atoms with Crippen LogP contribution in [0.5, 0.6) is 0 Å². The van der Waals surface area contributed by atoms with Gasteiger partial charge in [-0.05, 0) is 31.5 Å². The second-order valence-electron chi connectivity index (χ2n) is 4.88. The highest BCUT2D eigenvalue weighted by Crippen LogP contribution is 2.25. The zero-order valence-corrected chi connectivity index (χ0v) is 13.8. The highest BCUT2D eigenvalue weighted by atomic mass is 35.5. The molecule has 1 aromatic rings. The summed E-state index contributed by atoms with van der Waals surface area (Å²) in [5.74, 6) is -0.480. The summed E-state index contributed by atoms with van der Waals surface area (Å²) in [5, 5.41) is -0.470. The molecule has 2 atom stereocenters. The molecule has 0 radical (unpaired) electrons. The summed E-state index contributed by atoms with van der Waals surface area (Å²) in [4.78, 5) is 11.6. The second-order valence-corrected chi connectivity index (χ2v) is 7.15. The van der Waals surface area contributed by atoms with Gasteiger partial charge in [0.1, 0.15) is 11.4 Å². The van der Waals surface area contributed by atoms with Crippen LogP contribution in [-0.4, -0.2) is 32.4 Å². The number of halogens is 1. The number of ether oxygens (including phenoxy) is 1. The third kappa shape index (κ3) is 3.70. The van der Waals surface area contributed by atoms with Gasteiger partial charge in [0, 0.05) is 11.4 Å². The zero-order valence-electron chi connectivity index (χ0n) is 12.2. The summed E-state index contributed by atoms with van der Waals surface area (Å²) in [6.45, 7) is 3.66. The molecule has 2 rings (SSSR count). The van der Waals surface area contributed by atoms with E-state index in [-0.39, 0.29) is 13.0 Å². The van der Waals surface area contributed by atoms with Gasteiger partial charge in [0.2, 0.25) is 10.0 Å². The average Bonchev–Trinajstić information content (AvgIpc) is 2.95. The van der Waals surface area contributed by atoms with E-state index >= 15 is 0 Å². The minimum absolute atomic E-state index is 0.0772. The van der Waals surface area contributed by atoms with Crippen LogP contribution in [0.4, 0.5) is 5.69 Å². The van der Waals surface area contributed by atoms with Gasteiger partial charge in [-0.1, -0.05) is 17.7 Å². The first-order valence-corrected chi connectivity index (χ1v) is 8.72. The minimum atomic E-state index is -3.72. The molecule has 1 aliphatic rings. The van der Waals surface area contributed by atoms with Gasteiger partial charge in [0.15, 0.2) is 0 Å². The van der Waals surface area contributed by atoms with E-state index in [1.165, 1.54) is 0 Å². The van der Waals surface area contributed by atoms with Gasteiger partial charge in [-0.25, -0.2) is 19.3 Å². The molecule has 0 spiro atoms. The smallest absolute Gasteiger partial charge is 0.324 e. The molecule has 9 heteroatoms. The molecule has 1 saturated heterocycles. The van der Waals surface area contributed by atoms with Gasteiger partial charge < -0.3 is 4.74 Å². The van der Waals surface area contributed by atoms with Crippen molar-refractivity contribution in [2.24, 2.45) is 0 Å². The molecule has 0 aromatic heterocycles. The van der Waals surface area contributed by atoms with E-state index in [0.717, 1.165) is 0 Å². The van der Waals surface area contributed by atoms with Gasteiger partial charge in [-0.2, -0.15) is 0 Å². The second kappa shape index (κ2) is 6.82. The van der Waals surface area contributed by atoms with Gasteiger partial charge in [0.25, 0.3) is 0 Å². The molecular formula is C13H18ClN3O4S. The molecule has 0 bridgehead atoms. The molecule has 1 aliphatic heterocycles. The van der Waals surface area contributed by atoms with Crippen LogP contribution >= 0.6 is 11.6 Å². The maximum Gasteiger partial charge on any atom is 0.324 e. The Morgan fingerprint density at radius 3 is 2.86 bits per heavy atom. The summed E-state index contributed by atoms with van der Waals surface area (Å²) in [6.07, 6.45) is 0.0772. The van der Waals surface area contributed by atoms with Gasteiger partial charge in [-0.15, -0.1) is 0 Å². The lowest BCUT2D eigenvalue weighted by atomic mass is 10.2. The van der Waals surface area contributed by atoms with E-state index in [4.69, 9.17) is 16.3 Å². The Labute approximate surface area is 134 Å². The Morgan fingerprint density at radius 2 is 2.18 bits per heavy atom. The quantitative estimate of drug-likeness (QED) is 0.691.